The molecule has 1 aromatic carbocycles. The Kier molecular flexibility index (Phi) is 4.07. The lowest BCUT2D eigenvalue weighted by Crippen LogP contribution is -2.47. The van der Waals surface area contributed by atoms with Crippen molar-refractivity contribution in [3.8, 4) is 0 Å². The SMILES string of the molecule is CC(C)C(C)(CN)Nc1ccc([N+](=O)[O-])cc1. The second-order valence-electron chi connectivity index (χ2n) is 4.71. The van der Waals surface area contributed by atoms with E-state index in [1.807, 2.05) is 6.92 Å². The number of anilines is 1. The minimum atomic E-state index is -0.408. The number of nitrogens with one attached hydrogen (secondary N) is 1. The molecule has 1 atom stereocenters. The van der Waals surface area contributed by atoms with Crippen molar-refractivity contribution in [1.29, 1.82) is 0 Å². The summed E-state index contributed by atoms with van der Waals surface area (Å²) in [5, 5.41) is 13.9. The number of nitrogens with zero attached hydrogens (tertiary/aromatic N) is 1. The molecule has 3 N–H and O–H groups in total. The first-order valence-corrected chi connectivity index (χ1v) is 5.62. The van der Waals surface area contributed by atoms with Crippen LogP contribution in [0.3, 0.4) is 0 Å². The minimum absolute atomic E-state index is 0.0922. The number of hydrogen-bond acceptors (Lipinski definition) is 4. The largest absolute Gasteiger partial charge is 0.378 e. The van der Waals surface area contributed by atoms with Gasteiger partial charge >= 0.3 is 0 Å². The van der Waals surface area contributed by atoms with Crippen molar-refractivity contribution in [3.05, 3.63) is 34.4 Å². The third-order valence-corrected chi connectivity index (χ3v) is 3.21. The Balaban J connectivity index is 2.85. The number of benzene rings is 1. The summed E-state index contributed by atoms with van der Waals surface area (Å²) >= 11 is 0. The van der Waals surface area contributed by atoms with E-state index in [0.717, 1.165) is 5.69 Å². The molecule has 0 amide bonds. The highest BCUT2D eigenvalue weighted by Crippen LogP contribution is 2.23. The van der Waals surface area contributed by atoms with Gasteiger partial charge in [0.1, 0.15) is 0 Å². The lowest BCUT2D eigenvalue weighted by atomic mass is 9.88. The number of nitro benzene ring substituents is 1. The summed E-state index contributed by atoms with van der Waals surface area (Å²) in [7, 11) is 0. The Hall–Kier alpha value is -1.62. The molecule has 0 heterocycles. The summed E-state index contributed by atoms with van der Waals surface area (Å²) in [6.45, 7) is 6.72. The molecule has 5 nitrogen and oxygen atoms in total. The van der Waals surface area contributed by atoms with Crippen LogP contribution in [0.5, 0.6) is 0 Å². The van der Waals surface area contributed by atoms with Crippen LogP contribution in [0, 0.1) is 16.0 Å². The first kappa shape index (κ1) is 13.4. The summed E-state index contributed by atoms with van der Waals surface area (Å²) < 4.78 is 0. The van der Waals surface area contributed by atoms with Crippen LogP contribution in [0.15, 0.2) is 24.3 Å². The van der Waals surface area contributed by atoms with Gasteiger partial charge in [0.15, 0.2) is 0 Å². The van der Waals surface area contributed by atoms with Gasteiger partial charge in [0.25, 0.3) is 5.69 Å². The Morgan fingerprint density at radius 2 is 1.94 bits per heavy atom. The zero-order chi connectivity index (χ0) is 13.1. The molecule has 0 aliphatic rings. The molecule has 94 valence electrons. The summed E-state index contributed by atoms with van der Waals surface area (Å²) in [5.41, 5.74) is 6.49. The monoisotopic (exact) mass is 237 g/mol. The fourth-order valence-electron chi connectivity index (χ4n) is 1.43. The van der Waals surface area contributed by atoms with Crippen molar-refractivity contribution < 1.29 is 4.92 Å². The van der Waals surface area contributed by atoms with E-state index in [0.29, 0.717) is 12.5 Å². The van der Waals surface area contributed by atoms with Crippen LogP contribution in [-0.4, -0.2) is 17.0 Å². The highest BCUT2D eigenvalue weighted by Gasteiger charge is 2.26. The van der Waals surface area contributed by atoms with Gasteiger partial charge in [0.2, 0.25) is 0 Å². The maximum absolute atomic E-state index is 10.5. The van der Waals surface area contributed by atoms with Crippen LogP contribution in [0.2, 0.25) is 0 Å². The van der Waals surface area contributed by atoms with E-state index in [1.54, 1.807) is 12.1 Å². The minimum Gasteiger partial charge on any atom is -0.378 e. The maximum atomic E-state index is 10.5. The van der Waals surface area contributed by atoms with Crippen LogP contribution < -0.4 is 11.1 Å². The Morgan fingerprint density at radius 3 is 2.29 bits per heavy atom. The van der Waals surface area contributed by atoms with E-state index in [4.69, 9.17) is 5.73 Å². The van der Waals surface area contributed by atoms with Gasteiger partial charge in [-0.2, -0.15) is 0 Å². The van der Waals surface area contributed by atoms with Crippen molar-refractivity contribution in [2.24, 2.45) is 11.7 Å². The zero-order valence-electron chi connectivity index (χ0n) is 10.4. The molecule has 0 aliphatic carbocycles. The fraction of sp³-hybridized carbons (Fsp3) is 0.500. The van der Waals surface area contributed by atoms with Gasteiger partial charge in [-0.25, -0.2) is 0 Å². The Bertz CT molecular complexity index is 389. The van der Waals surface area contributed by atoms with Crippen molar-refractivity contribution in [2.75, 3.05) is 11.9 Å². The van der Waals surface area contributed by atoms with Crippen LogP contribution in [0.1, 0.15) is 20.8 Å². The van der Waals surface area contributed by atoms with Gasteiger partial charge in [-0.05, 0) is 25.0 Å². The van der Waals surface area contributed by atoms with E-state index >= 15 is 0 Å². The van der Waals surface area contributed by atoms with Gasteiger partial charge < -0.3 is 11.1 Å². The normalized spacial score (nSPS) is 14.4. The molecule has 0 aromatic heterocycles. The predicted octanol–water partition coefficient (Wildman–Crippen LogP) is 2.38. The second-order valence-corrected chi connectivity index (χ2v) is 4.71. The molecule has 0 aliphatic heterocycles. The molecule has 0 saturated carbocycles. The van der Waals surface area contributed by atoms with Crippen molar-refractivity contribution in [2.45, 2.75) is 26.3 Å². The van der Waals surface area contributed by atoms with Gasteiger partial charge in [-0.3, -0.25) is 10.1 Å². The quantitative estimate of drug-likeness (QED) is 0.608. The second kappa shape index (κ2) is 5.14. The van der Waals surface area contributed by atoms with Gasteiger partial charge in [-0.1, -0.05) is 13.8 Å². The number of nitro groups is 1. The topological polar surface area (TPSA) is 81.2 Å². The summed E-state index contributed by atoms with van der Waals surface area (Å²) in [5.74, 6) is 0.364. The van der Waals surface area contributed by atoms with Crippen molar-refractivity contribution >= 4 is 11.4 Å². The third kappa shape index (κ3) is 3.17. The standard InChI is InChI=1S/C12H19N3O2/c1-9(2)12(3,8-13)14-10-4-6-11(7-5-10)15(16)17/h4-7,9,14H,8,13H2,1-3H3. The predicted molar refractivity (Wildman–Crippen MR) is 69.0 cm³/mol. The number of nitrogens with two attached hydrogens (primary N) is 1. The zero-order valence-corrected chi connectivity index (χ0v) is 10.4. The maximum Gasteiger partial charge on any atom is 0.269 e. The lowest BCUT2D eigenvalue weighted by molar-refractivity contribution is -0.384. The molecule has 0 radical (unpaired) electrons. The third-order valence-electron chi connectivity index (χ3n) is 3.21. The van der Waals surface area contributed by atoms with Crippen molar-refractivity contribution in [3.63, 3.8) is 0 Å². The Labute approximate surface area is 101 Å². The van der Waals surface area contributed by atoms with Crippen LogP contribution in [0.4, 0.5) is 11.4 Å². The number of hydrogen-bond donors (Lipinski definition) is 2. The first-order chi connectivity index (χ1) is 7.89. The van der Waals surface area contributed by atoms with Crippen LogP contribution in [0.25, 0.3) is 0 Å². The van der Waals surface area contributed by atoms with E-state index < -0.39 is 4.92 Å². The van der Waals surface area contributed by atoms with E-state index in [9.17, 15) is 10.1 Å². The molecule has 17 heavy (non-hydrogen) atoms. The molecular formula is C12H19N3O2. The molecule has 0 spiro atoms. The van der Waals surface area contributed by atoms with E-state index in [2.05, 4.69) is 19.2 Å². The molecular weight excluding hydrogens is 218 g/mol. The summed E-state index contributed by atoms with van der Waals surface area (Å²) in [6, 6.07) is 6.38. The van der Waals surface area contributed by atoms with E-state index in [1.165, 1.54) is 12.1 Å². The highest BCUT2D eigenvalue weighted by atomic mass is 16.6. The summed E-state index contributed by atoms with van der Waals surface area (Å²) in [4.78, 5) is 10.1. The molecule has 0 saturated heterocycles. The first-order valence-electron chi connectivity index (χ1n) is 5.62. The summed E-state index contributed by atoms with van der Waals surface area (Å²) in [6.07, 6.45) is 0. The van der Waals surface area contributed by atoms with Gasteiger partial charge in [0.05, 0.1) is 4.92 Å². The van der Waals surface area contributed by atoms with Gasteiger partial charge in [-0.15, -0.1) is 0 Å². The van der Waals surface area contributed by atoms with Crippen LogP contribution in [-0.2, 0) is 0 Å². The molecule has 1 aromatic rings. The number of non-ortho nitro benzene ring substituents is 1. The average Bonchev–Trinajstić information content (AvgIpc) is 2.29. The Morgan fingerprint density at radius 1 is 1.41 bits per heavy atom. The highest BCUT2D eigenvalue weighted by molar-refractivity contribution is 5.50. The smallest absolute Gasteiger partial charge is 0.269 e. The average molecular weight is 237 g/mol. The fourth-order valence-corrected chi connectivity index (χ4v) is 1.43. The molecule has 5 heteroatoms. The van der Waals surface area contributed by atoms with Crippen LogP contribution >= 0.6 is 0 Å². The molecule has 0 bridgehead atoms. The molecule has 1 rings (SSSR count). The van der Waals surface area contributed by atoms with E-state index in [-0.39, 0.29) is 11.2 Å². The van der Waals surface area contributed by atoms with Gasteiger partial charge in [0, 0.05) is 29.9 Å². The molecule has 1 unspecified atom stereocenters. The molecule has 0 fully saturated rings. The number of rotatable bonds is 5. The van der Waals surface area contributed by atoms with Crippen molar-refractivity contribution in [1.82, 2.24) is 0 Å². The lowest BCUT2D eigenvalue weighted by Gasteiger charge is -2.34.